The first kappa shape index (κ1) is 24.7. The van der Waals surface area contributed by atoms with Crippen LogP contribution in [-0.4, -0.2) is 33.4 Å². The van der Waals surface area contributed by atoms with E-state index >= 15 is 0 Å². The van der Waals surface area contributed by atoms with Crippen LogP contribution in [0.15, 0.2) is 35.7 Å². The number of benzene rings is 1. The maximum atomic E-state index is 13.1. The summed E-state index contributed by atoms with van der Waals surface area (Å²) in [6, 6.07) is 2.90. The number of nitriles is 1. The molecule has 1 aliphatic rings. The highest BCUT2D eigenvalue weighted by molar-refractivity contribution is 5.95. The fourth-order valence-corrected chi connectivity index (χ4v) is 3.31. The van der Waals surface area contributed by atoms with Gasteiger partial charge >= 0.3 is 12.4 Å². The summed E-state index contributed by atoms with van der Waals surface area (Å²) in [7, 11) is 0. The molecule has 2 aromatic rings. The summed E-state index contributed by atoms with van der Waals surface area (Å²) in [6.07, 6.45) is -9.05. The number of rotatable bonds is 4. The van der Waals surface area contributed by atoms with Crippen LogP contribution in [-0.2, 0) is 12.4 Å². The monoisotopic (exact) mass is 485 g/mol. The van der Waals surface area contributed by atoms with Crippen molar-refractivity contribution in [3.63, 3.8) is 0 Å². The second-order valence-corrected chi connectivity index (χ2v) is 7.63. The number of hydrogen-bond acceptors (Lipinski definition) is 7. The second kappa shape index (κ2) is 8.47. The molecule has 0 aliphatic carbocycles. The van der Waals surface area contributed by atoms with Gasteiger partial charge in [0.1, 0.15) is 23.9 Å². The first-order valence-corrected chi connectivity index (χ1v) is 9.61. The normalized spacial score (nSPS) is 19.2. The molecule has 2 heterocycles. The van der Waals surface area contributed by atoms with Crippen LogP contribution < -0.4 is 15.6 Å². The van der Waals surface area contributed by atoms with Gasteiger partial charge in [-0.05, 0) is 39.0 Å². The number of carbonyl (C=O) groups excluding carboxylic acids is 1. The Morgan fingerprint density at radius 1 is 1.12 bits per heavy atom. The van der Waals surface area contributed by atoms with Crippen molar-refractivity contribution < 1.29 is 31.1 Å². The third kappa shape index (κ3) is 4.87. The Kier molecular flexibility index (Phi) is 6.17. The summed E-state index contributed by atoms with van der Waals surface area (Å²) in [5, 5.41) is 20.1. The van der Waals surface area contributed by atoms with Gasteiger partial charge in [-0.15, -0.1) is 0 Å². The van der Waals surface area contributed by atoms with E-state index in [0.29, 0.717) is 18.0 Å². The predicted molar refractivity (Wildman–Crippen MR) is 107 cm³/mol. The van der Waals surface area contributed by atoms with Gasteiger partial charge in [0.2, 0.25) is 0 Å². The van der Waals surface area contributed by atoms with Crippen LogP contribution in [0, 0.1) is 11.3 Å². The molecule has 2 atom stereocenters. The third-order valence-corrected chi connectivity index (χ3v) is 5.15. The average Bonchev–Trinajstić information content (AvgIpc) is 3.07. The number of halogens is 6. The molecule has 1 aromatic carbocycles. The lowest BCUT2D eigenvalue weighted by atomic mass is 10.0. The van der Waals surface area contributed by atoms with Crippen molar-refractivity contribution in [1.29, 1.82) is 5.26 Å². The summed E-state index contributed by atoms with van der Waals surface area (Å²) in [5.41, 5.74) is -5.22. The Hall–Kier alpha value is -3.89. The van der Waals surface area contributed by atoms with Gasteiger partial charge in [-0.3, -0.25) is 4.79 Å². The van der Waals surface area contributed by atoms with Gasteiger partial charge in [-0.25, -0.2) is 15.0 Å². The molecule has 1 aliphatic heterocycles. The second-order valence-electron chi connectivity index (χ2n) is 7.63. The molecule has 1 aromatic heterocycles. The molecule has 3 rings (SSSR count). The van der Waals surface area contributed by atoms with Crippen molar-refractivity contribution >= 4 is 17.6 Å². The van der Waals surface area contributed by atoms with E-state index < -0.39 is 46.7 Å². The maximum Gasteiger partial charge on any atom is 0.416 e. The lowest BCUT2D eigenvalue weighted by Crippen LogP contribution is -2.63. The lowest BCUT2D eigenvalue weighted by molar-refractivity contribution is -0.143. The van der Waals surface area contributed by atoms with Gasteiger partial charge in [0.25, 0.3) is 5.91 Å². The summed E-state index contributed by atoms with van der Waals surface area (Å²) < 4.78 is 78.9. The third-order valence-electron chi connectivity index (χ3n) is 5.15. The average molecular weight is 485 g/mol. The highest BCUT2D eigenvalue weighted by atomic mass is 19.4. The van der Waals surface area contributed by atoms with E-state index in [4.69, 9.17) is 5.26 Å². The molecule has 0 saturated heterocycles. The zero-order valence-corrected chi connectivity index (χ0v) is 17.9. The van der Waals surface area contributed by atoms with Gasteiger partial charge in [0.05, 0.1) is 17.2 Å². The van der Waals surface area contributed by atoms with Crippen LogP contribution >= 0.6 is 0 Å². The van der Waals surface area contributed by atoms with Crippen molar-refractivity contribution in [2.24, 2.45) is 5.10 Å². The molecule has 0 fully saturated rings. The molecule has 1 amide bonds. The summed E-state index contributed by atoms with van der Waals surface area (Å²) >= 11 is 0. The highest BCUT2D eigenvalue weighted by Gasteiger charge is 2.44. The van der Waals surface area contributed by atoms with Crippen molar-refractivity contribution in [3.8, 4) is 6.07 Å². The molecule has 0 radical (unpaired) electrons. The van der Waals surface area contributed by atoms with E-state index in [1.165, 1.54) is 18.0 Å². The van der Waals surface area contributed by atoms with E-state index in [1.54, 1.807) is 13.8 Å². The fourth-order valence-electron chi connectivity index (χ4n) is 3.31. The number of anilines is 1. The van der Waals surface area contributed by atoms with Crippen molar-refractivity contribution in [3.05, 3.63) is 53.0 Å². The minimum absolute atomic E-state index is 0.0347. The van der Waals surface area contributed by atoms with Gasteiger partial charge in [-0.2, -0.15) is 36.7 Å². The Bertz CT molecular complexity index is 1150. The first-order valence-electron chi connectivity index (χ1n) is 9.61. The summed E-state index contributed by atoms with van der Waals surface area (Å²) in [6.45, 7) is 4.66. The number of hydrogen-bond donors (Lipinski definition) is 2. The van der Waals surface area contributed by atoms with Crippen LogP contribution in [0.3, 0.4) is 0 Å². The van der Waals surface area contributed by atoms with E-state index in [2.05, 4.69) is 25.7 Å². The quantitative estimate of drug-likeness (QED) is 0.641. The summed E-state index contributed by atoms with van der Waals surface area (Å²) in [5.74, 6) is -0.589. The maximum absolute atomic E-state index is 13.1. The smallest absolute Gasteiger partial charge is 0.347 e. The molecule has 180 valence electrons. The number of hydrazone groups is 1. The molecular weight excluding hydrogens is 468 g/mol. The Morgan fingerprint density at radius 2 is 1.71 bits per heavy atom. The molecule has 0 bridgehead atoms. The number of amides is 1. The molecular formula is C20H17F6N7O. The van der Waals surface area contributed by atoms with E-state index in [9.17, 15) is 31.1 Å². The van der Waals surface area contributed by atoms with E-state index in [1.807, 2.05) is 6.07 Å². The van der Waals surface area contributed by atoms with Crippen LogP contribution in [0.2, 0.25) is 0 Å². The van der Waals surface area contributed by atoms with Crippen LogP contribution in [0.4, 0.5) is 32.2 Å². The molecule has 2 N–H and O–H groups in total. The van der Waals surface area contributed by atoms with Gasteiger partial charge in [0, 0.05) is 11.6 Å². The lowest BCUT2D eigenvalue weighted by Gasteiger charge is -2.39. The van der Waals surface area contributed by atoms with E-state index in [0.717, 1.165) is 6.33 Å². The predicted octanol–water partition coefficient (Wildman–Crippen LogP) is 3.66. The molecule has 1 unspecified atom stereocenters. The van der Waals surface area contributed by atoms with E-state index in [-0.39, 0.29) is 17.6 Å². The zero-order valence-electron chi connectivity index (χ0n) is 17.9. The number of nitrogens with one attached hydrogen (secondary N) is 2. The summed E-state index contributed by atoms with van der Waals surface area (Å²) in [4.78, 5) is 20.6. The van der Waals surface area contributed by atoms with Crippen LogP contribution in [0.25, 0.3) is 0 Å². The largest absolute Gasteiger partial charge is 0.416 e. The Balaban J connectivity index is 1.93. The van der Waals surface area contributed by atoms with Gasteiger partial charge in [0.15, 0.2) is 11.5 Å². The van der Waals surface area contributed by atoms with Crippen molar-refractivity contribution in [2.45, 2.75) is 44.8 Å². The Labute approximate surface area is 189 Å². The van der Waals surface area contributed by atoms with Crippen molar-refractivity contribution in [2.75, 3.05) is 5.01 Å². The minimum Gasteiger partial charge on any atom is -0.347 e. The van der Waals surface area contributed by atoms with Crippen LogP contribution in [0.1, 0.15) is 48.0 Å². The zero-order chi connectivity index (χ0) is 25.5. The number of aromatic nitrogens is 2. The molecule has 8 nitrogen and oxygen atoms in total. The number of carbonyl (C=O) groups is 1. The molecule has 0 spiro atoms. The first-order chi connectivity index (χ1) is 15.6. The van der Waals surface area contributed by atoms with Crippen molar-refractivity contribution in [1.82, 2.24) is 20.6 Å². The molecule has 0 saturated carbocycles. The number of amidine groups is 1. The highest BCUT2D eigenvalue weighted by Crippen LogP contribution is 2.36. The fraction of sp³-hybridized carbons (Fsp3) is 0.350. The molecule has 14 heteroatoms. The minimum atomic E-state index is -5.09. The van der Waals surface area contributed by atoms with Gasteiger partial charge in [-0.1, -0.05) is 0 Å². The molecule has 34 heavy (non-hydrogen) atoms. The SMILES string of the molecule is CC1=NN(c2cc(C#N)ncn2)C(C)([C@H](C)NC(=O)c2cc(C(F)(F)F)cc(C(F)(F)F)c2)N1. The van der Waals surface area contributed by atoms with Gasteiger partial charge < -0.3 is 10.6 Å². The topological polar surface area (TPSA) is 106 Å². The number of alkyl halides is 6. The standard InChI is InChI=1S/C20H17F6N7O/c1-10(18(3)31-11(2)32-33(18)16-7-15(8-27)28-9-29-16)30-17(34)12-4-13(19(21,22)23)6-14(5-12)20(24,25)26/h4-7,9-10H,1-3H3,(H,30,34)(H,31,32)/t10-,18?/m0/s1. The Morgan fingerprint density at radius 3 is 2.24 bits per heavy atom. The number of nitrogens with zero attached hydrogens (tertiary/aromatic N) is 5. The van der Waals surface area contributed by atoms with Crippen LogP contribution in [0.5, 0.6) is 0 Å².